The second kappa shape index (κ2) is 10.5. The summed E-state index contributed by atoms with van der Waals surface area (Å²) in [6, 6.07) is 3.73. The van der Waals surface area contributed by atoms with Crippen molar-refractivity contribution in [3.8, 4) is 0 Å². The van der Waals surface area contributed by atoms with Crippen molar-refractivity contribution < 1.29 is 22.8 Å². The first-order valence-corrected chi connectivity index (χ1v) is 12.4. The third-order valence-corrected chi connectivity index (χ3v) is 7.34. The number of oxime groups is 1. The van der Waals surface area contributed by atoms with Crippen LogP contribution in [0.15, 0.2) is 52.8 Å². The van der Waals surface area contributed by atoms with Crippen molar-refractivity contribution in [1.82, 2.24) is 5.43 Å². The minimum absolute atomic E-state index is 0.0701. The number of halogens is 6. The average Bonchev–Trinajstić information content (AvgIpc) is 3.26. The smallest absolute Gasteiger partial charge is 0.374 e. The number of alkyl halides is 4. The Balaban J connectivity index is 1.46. The van der Waals surface area contributed by atoms with E-state index in [4.69, 9.17) is 39.6 Å². The number of carbonyl (C=O) groups excluding carboxylic acids is 1. The van der Waals surface area contributed by atoms with Gasteiger partial charge in [-0.25, -0.2) is 5.43 Å². The molecule has 4 rings (SSSR count). The van der Waals surface area contributed by atoms with Crippen molar-refractivity contribution >= 4 is 52.1 Å². The number of allylic oxidation sites excluding steroid dienone is 4. The van der Waals surface area contributed by atoms with Crippen LogP contribution in [0.5, 0.6) is 0 Å². The van der Waals surface area contributed by atoms with E-state index in [0.717, 1.165) is 6.42 Å². The summed E-state index contributed by atoms with van der Waals surface area (Å²) in [6.45, 7) is 0. The van der Waals surface area contributed by atoms with Gasteiger partial charge in [-0.2, -0.15) is 18.3 Å². The summed E-state index contributed by atoms with van der Waals surface area (Å²) in [6.07, 6.45) is 4.87. The highest BCUT2D eigenvalue weighted by molar-refractivity contribution is 6.34. The molecule has 0 spiro atoms. The second-order valence-electron chi connectivity index (χ2n) is 8.93. The van der Waals surface area contributed by atoms with Crippen LogP contribution >= 0.6 is 34.8 Å². The molecule has 1 N–H and O–H groups in total. The zero-order valence-corrected chi connectivity index (χ0v) is 20.8. The molecule has 1 saturated carbocycles. The minimum Gasteiger partial charge on any atom is -0.374 e. The van der Waals surface area contributed by atoms with Crippen molar-refractivity contribution in [3.63, 3.8) is 0 Å². The minimum atomic E-state index is -4.76. The molecule has 11 heteroatoms. The van der Waals surface area contributed by atoms with Crippen molar-refractivity contribution in [2.45, 2.75) is 55.7 Å². The van der Waals surface area contributed by atoms with E-state index in [9.17, 15) is 18.0 Å². The van der Waals surface area contributed by atoms with Gasteiger partial charge in [-0.3, -0.25) is 4.79 Å². The summed E-state index contributed by atoms with van der Waals surface area (Å²) >= 11 is 18.3. The summed E-state index contributed by atoms with van der Waals surface area (Å²) in [5.41, 5.74) is 0.431. The van der Waals surface area contributed by atoms with Crippen LogP contribution in [0, 0.1) is 11.8 Å². The number of rotatable bonds is 5. The average molecular weight is 549 g/mol. The molecular formula is C24H23Cl3F3N3O2. The number of hydrazone groups is 1. The van der Waals surface area contributed by atoms with Crippen LogP contribution in [0.3, 0.4) is 0 Å². The van der Waals surface area contributed by atoms with Gasteiger partial charge in [0.2, 0.25) is 5.91 Å². The molecule has 35 heavy (non-hydrogen) atoms. The summed E-state index contributed by atoms with van der Waals surface area (Å²) in [5, 5.41) is 7.78. The van der Waals surface area contributed by atoms with E-state index in [2.05, 4.69) is 15.7 Å². The predicted octanol–water partition coefficient (Wildman–Crippen LogP) is 6.93. The Morgan fingerprint density at radius 3 is 2.60 bits per heavy atom. The second-order valence-corrected chi connectivity index (χ2v) is 10.3. The number of benzene rings is 1. The molecule has 0 saturated heterocycles. The normalized spacial score (nSPS) is 29.7. The summed E-state index contributed by atoms with van der Waals surface area (Å²) in [5.74, 6) is -0.499. The Morgan fingerprint density at radius 1 is 1.20 bits per heavy atom. The van der Waals surface area contributed by atoms with Crippen molar-refractivity contribution in [2.75, 3.05) is 0 Å². The number of hydrogen-bond donors (Lipinski definition) is 1. The Hall–Kier alpha value is -2.03. The molecule has 4 atom stereocenters. The zero-order chi connectivity index (χ0) is 25.2. The molecule has 0 radical (unpaired) electrons. The van der Waals surface area contributed by atoms with Crippen LogP contribution in [0.1, 0.15) is 44.1 Å². The van der Waals surface area contributed by atoms with E-state index in [1.54, 1.807) is 0 Å². The highest BCUT2D eigenvalue weighted by Crippen LogP contribution is 2.50. The maximum Gasteiger partial charge on any atom is 0.435 e. The van der Waals surface area contributed by atoms with E-state index in [0.29, 0.717) is 18.6 Å². The number of nitrogens with zero attached hydrogens (tertiary/aromatic N) is 2. The molecule has 0 bridgehead atoms. The molecule has 1 aromatic rings. The summed E-state index contributed by atoms with van der Waals surface area (Å²) in [4.78, 5) is 17.4. The topological polar surface area (TPSA) is 63.0 Å². The Labute approximate surface area is 216 Å². The number of nitrogens with one attached hydrogen (secondary N) is 1. The van der Waals surface area contributed by atoms with Gasteiger partial charge in [0.15, 0.2) is 0 Å². The SMILES string of the molecule is O=C(CC1C=CC=CC1)N/N=C1\CC(C2=NOC(c3cc(Cl)cc(Cl)c3)(C(F)(F)F)C2)CCC1Cl. The van der Waals surface area contributed by atoms with Crippen LogP contribution < -0.4 is 5.43 Å². The van der Waals surface area contributed by atoms with E-state index < -0.39 is 23.6 Å². The predicted molar refractivity (Wildman–Crippen MR) is 131 cm³/mol. The first-order chi connectivity index (χ1) is 16.6. The Kier molecular flexibility index (Phi) is 7.83. The lowest BCUT2D eigenvalue weighted by Crippen LogP contribution is -2.43. The van der Waals surface area contributed by atoms with Gasteiger partial charge >= 0.3 is 6.18 Å². The maximum atomic E-state index is 14.3. The number of carbonyl (C=O) groups is 1. The van der Waals surface area contributed by atoms with Gasteiger partial charge in [0.25, 0.3) is 5.60 Å². The van der Waals surface area contributed by atoms with Gasteiger partial charge in [0, 0.05) is 34.4 Å². The van der Waals surface area contributed by atoms with Crippen LogP contribution in [0.4, 0.5) is 13.2 Å². The molecule has 5 nitrogen and oxygen atoms in total. The molecule has 1 heterocycles. The Bertz CT molecular complexity index is 1080. The van der Waals surface area contributed by atoms with Gasteiger partial charge in [-0.05, 0) is 49.8 Å². The monoisotopic (exact) mass is 547 g/mol. The molecule has 1 aromatic carbocycles. The standard InChI is InChI=1S/C24H23Cl3F3N3O2/c25-17-10-16(11-18(26)12-17)23(24(28,29)30)13-21(33-35-23)15-6-7-19(27)20(9-15)31-32-22(34)8-14-4-2-1-3-5-14/h1-4,10-12,14-15,19H,5-9,13H2,(H,32,34)/b31-20+. The fourth-order valence-electron chi connectivity index (χ4n) is 4.53. The molecule has 1 aliphatic heterocycles. The quantitative estimate of drug-likeness (QED) is 0.320. The first kappa shape index (κ1) is 26.0. The lowest BCUT2D eigenvalue weighted by atomic mass is 9.79. The van der Waals surface area contributed by atoms with Gasteiger partial charge in [0.05, 0.1) is 16.8 Å². The van der Waals surface area contributed by atoms with Crippen LogP contribution in [-0.2, 0) is 15.2 Å². The highest BCUT2D eigenvalue weighted by atomic mass is 35.5. The third-order valence-electron chi connectivity index (χ3n) is 6.43. The molecule has 0 aromatic heterocycles. The van der Waals surface area contributed by atoms with Crippen LogP contribution in [-0.4, -0.2) is 28.9 Å². The van der Waals surface area contributed by atoms with Gasteiger partial charge < -0.3 is 4.84 Å². The fraction of sp³-hybridized carbons (Fsp3) is 0.458. The van der Waals surface area contributed by atoms with Crippen LogP contribution in [0.25, 0.3) is 0 Å². The van der Waals surface area contributed by atoms with Crippen molar-refractivity contribution in [2.24, 2.45) is 22.1 Å². The molecule has 1 fully saturated rings. The van der Waals surface area contributed by atoms with Gasteiger partial charge in [-0.15, -0.1) is 11.6 Å². The Morgan fingerprint density at radius 2 is 1.94 bits per heavy atom. The molecule has 3 aliphatic rings. The first-order valence-electron chi connectivity index (χ1n) is 11.2. The van der Waals surface area contributed by atoms with E-state index in [-0.39, 0.29) is 51.9 Å². The number of amides is 1. The molecule has 4 unspecified atom stereocenters. The summed E-state index contributed by atoms with van der Waals surface area (Å²) in [7, 11) is 0. The van der Waals surface area contributed by atoms with Crippen molar-refractivity contribution in [3.05, 3.63) is 58.1 Å². The van der Waals surface area contributed by atoms with Gasteiger partial charge in [0.1, 0.15) is 0 Å². The fourth-order valence-corrected chi connectivity index (χ4v) is 5.32. The van der Waals surface area contributed by atoms with Crippen molar-refractivity contribution in [1.29, 1.82) is 0 Å². The number of hydrogen-bond acceptors (Lipinski definition) is 4. The van der Waals surface area contributed by atoms with Gasteiger partial charge in [-0.1, -0.05) is 52.7 Å². The molecular weight excluding hydrogens is 526 g/mol. The highest BCUT2D eigenvalue weighted by Gasteiger charge is 2.63. The largest absolute Gasteiger partial charge is 0.435 e. The molecule has 2 aliphatic carbocycles. The molecule has 1 amide bonds. The van der Waals surface area contributed by atoms with Crippen LogP contribution in [0.2, 0.25) is 10.0 Å². The lowest BCUT2D eigenvalue weighted by molar-refractivity contribution is -0.275. The maximum absolute atomic E-state index is 14.3. The third kappa shape index (κ3) is 5.87. The van der Waals surface area contributed by atoms with E-state index in [1.807, 2.05) is 24.3 Å². The summed E-state index contributed by atoms with van der Waals surface area (Å²) < 4.78 is 42.8. The molecule has 188 valence electrons. The van der Waals surface area contributed by atoms with E-state index >= 15 is 0 Å². The van der Waals surface area contributed by atoms with E-state index in [1.165, 1.54) is 18.2 Å². The lowest BCUT2D eigenvalue weighted by Gasteiger charge is -2.31. The zero-order valence-electron chi connectivity index (χ0n) is 18.5.